The normalized spacial score (nSPS) is 9.95. The Morgan fingerprint density at radius 3 is 2.45 bits per heavy atom. The fourth-order valence-corrected chi connectivity index (χ4v) is 1.77. The van der Waals surface area contributed by atoms with Gasteiger partial charge < -0.3 is 20.1 Å². The van der Waals surface area contributed by atoms with Crippen LogP contribution in [0.4, 0.5) is 5.69 Å². The number of ether oxygens (including phenoxy) is 2. The SMILES string of the molecule is CCNC(=O)CCNc1ccc(OCC)c(OCC)c1. The third-order valence-electron chi connectivity index (χ3n) is 2.60. The van der Waals surface area contributed by atoms with Crippen molar-refractivity contribution in [3.8, 4) is 11.5 Å². The first-order chi connectivity index (χ1) is 9.71. The van der Waals surface area contributed by atoms with Crippen molar-refractivity contribution in [2.24, 2.45) is 0 Å². The van der Waals surface area contributed by atoms with Crippen LogP contribution in [0, 0.1) is 0 Å². The maximum Gasteiger partial charge on any atom is 0.221 e. The molecule has 1 aromatic rings. The highest BCUT2D eigenvalue weighted by Gasteiger charge is 2.06. The lowest BCUT2D eigenvalue weighted by Crippen LogP contribution is -2.24. The first-order valence-corrected chi connectivity index (χ1v) is 7.11. The van der Waals surface area contributed by atoms with E-state index in [1.54, 1.807) is 0 Å². The van der Waals surface area contributed by atoms with E-state index < -0.39 is 0 Å². The summed E-state index contributed by atoms with van der Waals surface area (Å²) in [6, 6.07) is 5.69. The molecule has 0 aliphatic rings. The molecule has 5 heteroatoms. The Balaban J connectivity index is 2.57. The number of benzene rings is 1. The fraction of sp³-hybridized carbons (Fsp3) is 0.533. The van der Waals surface area contributed by atoms with Gasteiger partial charge in [0.25, 0.3) is 0 Å². The lowest BCUT2D eigenvalue weighted by atomic mass is 10.2. The smallest absolute Gasteiger partial charge is 0.221 e. The Morgan fingerprint density at radius 2 is 1.80 bits per heavy atom. The average molecular weight is 280 g/mol. The van der Waals surface area contributed by atoms with Crippen LogP contribution < -0.4 is 20.1 Å². The molecular weight excluding hydrogens is 256 g/mol. The van der Waals surface area contributed by atoms with Crippen LogP contribution in [0.25, 0.3) is 0 Å². The molecule has 0 saturated carbocycles. The van der Waals surface area contributed by atoms with Gasteiger partial charge in [-0.3, -0.25) is 4.79 Å². The Hall–Kier alpha value is -1.91. The van der Waals surface area contributed by atoms with E-state index in [9.17, 15) is 4.79 Å². The molecule has 20 heavy (non-hydrogen) atoms. The molecule has 1 aromatic carbocycles. The summed E-state index contributed by atoms with van der Waals surface area (Å²) in [5.41, 5.74) is 0.918. The van der Waals surface area contributed by atoms with Crippen molar-refractivity contribution in [3.63, 3.8) is 0 Å². The number of amides is 1. The molecule has 112 valence electrons. The highest BCUT2D eigenvalue weighted by Crippen LogP contribution is 2.30. The van der Waals surface area contributed by atoms with Crippen LogP contribution in [0.5, 0.6) is 11.5 Å². The quantitative estimate of drug-likeness (QED) is 0.729. The van der Waals surface area contributed by atoms with E-state index in [4.69, 9.17) is 9.47 Å². The minimum absolute atomic E-state index is 0.0518. The summed E-state index contributed by atoms with van der Waals surface area (Å²) in [7, 11) is 0. The summed E-state index contributed by atoms with van der Waals surface area (Å²) >= 11 is 0. The minimum atomic E-state index is 0.0518. The second kappa shape index (κ2) is 9.07. The topological polar surface area (TPSA) is 59.6 Å². The van der Waals surface area contributed by atoms with E-state index in [2.05, 4.69) is 10.6 Å². The van der Waals surface area contributed by atoms with Gasteiger partial charge in [0.2, 0.25) is 5.91 Å². The van der Waals surface area contributed by atoms with Gasteiger partial charge in [0, 0.05) is 31.3 Å². The molecule has 0 fully saturated rings. The van der Waals surface area contributed by atoms with Gasteiger partial charge in [-0.05, 0) is 32.9 Å². The Labute approximate surface area is 120 Å². The summed E-state index contributed by atoms with van der Waals surface area (Å²) in [5.74, 6) is 1.51. The van der Waals surface area contributed by atoms with Gasteiger partial charge in [0.1, 0.15) is 0 Å². The Kier molecular flexibility index (Phi) is 7.32. The van der Waals surface area contributed by atoms with Crippen molar-refractivity contribution in [2.75, 3.05) is 31.6 Å². The molecule has 0 aliphatic heterocycles. The van der Waals surface area contributed by atoms with Crippen molar-refractivity contribution in [3.05, 3.63) is 18.2 Å². The van der Waals surface area contributed by atoms with Crippen LogP contribution >= 0.6 is 0 Å². The van der Waals surface area contributed by atoms with Crippen LogP contribution in [-0.4, -0.2) is 32.2 Å². The largest absolute Gasteiger partial charge is 0.490 e. The fourth-order valence-electron chi connectivity index (χ4n) is 1.77. The molecule has 0 saturated heterocycles. The lowest BCUT2D eigenvalue weighted by molar-refractivity contribution is -0.120. The lowest BCUT2D eigenvalue weighted by Gasteiger charge is -2.13. The van der Waals surface area contributed by atoms with Gasteiger partial charge in [-0.1, -0.05) is 0 Å². The van der Waals surface area contributed by atoms with Crippen LogP contribution in [0.1, 0.15) is 27.2 Å². The van der Waals surface area contributed by atoms with Crippen molar-refractivity contribution < 1.29 is 14.3 Å². The molecule has 0 aliphatic carbocycles. The van der Waals surface area contributed by atoms with Gasteiger partial charge >= 0.3 is 0 Å². The number of hydrogen-bond donors (Lipinski definition) is 2. The molecule has 1 rings (SSSR count). The molecule has 1 amide bonds. The average Bonchev–Trinajstić information content (AvgIpc) is 2.42. The van der Waals surface area contributed by atoms with E-state index >= 15 is 0 Å². The van der Waals surface area contributed by atoms with Crippen LogP contribution in [0.15, 0.2) is 18.2 Å². The van der Waals surface area contributed by atoms with Crippen LogP contribution in [0.3, 0.4) is 0 Å². The van der Waals surface area contributed by atoms with Crippen molar-refractivity contribution >= 4 is 11.6 Å². The number of hydrogen-bond acceptors (Lipinski definition) is 4. The van der Waals surface area contributed by atoms with E-state index in [1.165, 1.54) is 0 Å². The first kappa shape index (κ1) is 16.1. The molecule has 0 atom stereocenters. The standard InChI is InChI=1S/C15H24N2O3/c1-4-16-15(18)9-10-17-12-7-8-13(19-5-2)14(11-12)20-6-3/h7-8,11,17H,4-6,9-10H2,1-3H3,(H,16,18). The number of anilines is 1. The zero-order valence-corrected chi connectivity index (χ0v) is 12.5. The van der Waals surface area contributed by atoms with E-state index in [0.717, 1.165) is 17.2 Å². The van der Waals surface area contributed by atoms with E-state index in [0.29, 0.717) is 32.7 Å². The number of rotatable bonds is 9. The van der Waals surface area contributed by atoms with Crippen molar-refractivity contribution in [1.29, 1.82) is 0 Å². The molecule has 2 N–H and O–H groups in total. The minimum Gasteiger partial charge on any atom is -0.490 e. The molecule has 0 aromatic heterocycles. The molecule has 5 nitrogen and oxygen atoms in total. The zero-order valence-electron chi connectivity index (χ0n) is 12.5. The van der Waals surface area contributed by atoms with Gasteiger partial charge in [0.05, 0.1) is 13.2 Å². The number of carbonyl (C=O) groups excluding carboxylic acids is 1. The number of nitrogens with one attached hydrogen (secondary N) is 2. The van der Waals surface area contributed by atoms with Gasteiger partial charge in [-0.25, -0.2) is 0 Å². The van der Waals surface area contributed by atoms with Gasteiger partial charge in [-0.2, -0.15) is 0 Å². The van der Waals surface area contributed by atoms with Gasteiger partial charge in [-0.15, -0.1) is 0 Å². The molecule has 0 spiro atoms. The molecule has 0 unspecified atom stereocenters. The summed E-state index contributed by atoms with van der Waals surface area (Å²) in [5, 5.41) is 5.97. The maximum absolute atomic E-state index is 11.3. The third-order valence-corrected chi connectivity index (χ3v) is 2.60. The monoisotopic (exact) mass is 280 g/mol. The molecule has 0 radical (unpaired) electrons. The highest BCUT2D eigenvalue weighted by atomic mass is 16.5. The summed E-state index contributed by atoms with van der Waals surface area (Å²) in [6.45, 7) is 8.22. The van der Waals surface area contributed by atoms with E-state index in [-0.39, 0.29) is 5.91 Å². The second-order valence-electron chi connectivity index (χ2n) is 4.16. The number of carbonyl (C=O) groups is 1. The maximum atomic E-state index is 11.3. The second-order valence-corrected chi connectivity index (χ2v) is 4.16. The van der Waals surface area contributed by atoms with Crippen molar-refractivity contribution in [1.82, 2.24) is 5.32 Å². The molecule has 0 heterocycles. The summed E-state index contributed by atoms with van der Waals surface area (Å²) in [6.07, 6.45) is 0.449. The zero-order chi connectivity index (χ0) is 14.8. The first-order valence-electron chi connectivity index (χ1n) is 7.11. The highest BCUT2D eigenvalue weighted by molar-refractivity contribution is 5.76. The Morgan fingerprint density at radius 1 is 1.10 bits per heavy atom. The van der Waals surface area contributed by atoms with Crippen LogP contribution in [0.2, 0.25) is 0 Å². The van der Waals surface area contributed by atoms with Crippen LogP contribution in [-0.2, 0) is 4.79 Å². The van der Waals surface area contributed by atoms with Gasteiger partial charge in [0.15, 0.2) is 11.5 Å². The Bertz CT molecular complexity index is 422. The van der Waals surface area contributed by atoms with Crippen molar-refractivity contribution in [2.45, 2.75) is 27.2 Å². The molecule has 0 bridgehead atoms. The van der Waals surface area contributed by atoms with E-state index in [1.807, 2.05) is 39.0 Å². The predicted molar refractivity (Wildman–Crippen MR) is 80.6 cm³/mol. The third kappa shape index (κ3) is 5.38. The molecular formula is C15H24N2O3. The summed E-state index contributed by atoms with van der Waals surface area (Å²) < 4.78 is 11.1. The summed E-state index contributed by atoms with van der Waals surface area (Å²) in [4.78, 5) is 11.3. The predicted octanol–water partition coefficient (Wildman–Crippen LogP) is 2.42.